The Labute approximate surface area is 110 Å². The average Bonchev–Trinajstić information content (AvgIpc) is 2.46. The largest absolute Gasteiger partial charge is 0.493 e. The molecule has 0 bridgehead atoms. The van der Waals surface area contributed by atoms with Crippen molar-refractivity contribution < 1.29 is 9.47 Å². The lowest BCUT2D eigenvalue weighted by molar-refractivity contribution is 0.354. The number of nitrogens with zero attached hydrogens (tertiary/aromatic N) is 1. The van der Waals surface area contributed by atoms with E-state index in [0.717, 1.165) is 30.5 Å². The number of hydrogen-bond acceptors (Lipinski definition) is 3. The first-order chi connectivity index (χ1) is 8.78. The molecule has 0 radical (unpaired) electrons. The van der Waals surface area contributed by atoms with Crippen molar-refractivity contribution in [3.8, 4) is 11.5 Å². The molecule has 0 N–H and O–H groups in total. The molecule has 2 rings (SSSR count). The van der Waals surface area contributed by atoms with Crippen LogP contribution in [0.15, 0.2) is 18.2 Å². The fourth-order valence-corrected chi connectivity index (χ4v) is 2.65. The summed E-state index contributed by atoms with van der Waals surface area (Å²) in [6.07, 6.45) is 3.91. The van der Waals surface area contributed by atoms with Crippen molar-refractivity contribution in [3.05, 3.63) is 18.2 Å². The number of benzene rings is 1. The van der Waals surface area contributed by atoms with Crippen LogP contribution in [0.3, 0.4) is 0 Å². The molecule has 0 aliphatic carbocycles. The molecule has 3 nitrogen and oxygen atoms in total. The van der Waals surface area contributed by atoms with E-state index in [4.69, 9.17) is 9.47 Å². The highest BCUT2D eigenvalue weighted by atomic mass is 16.5. The smallest absolute Gasteiger partial charge is 0.162 e. The Morgan fingerprint density at radius 3 is 2.67 bits per heavy atom. The zero-order chi connectivity index (χ0) is 13.0. The summed E-state index contributed by atoms with van der Waals surface area (Å²) in [4.78, 5) is 2.46. The van der Waals surface area contributed by atoms with Crippen molar-refractivity contribution in [2.75, 3.05) is 32.2 Å². The fraction of sp³-hybridized carbons (Fsp3) is 0.600. The Morgan fingerprint density at radius 1 is 1.22 bits per heavy atom. The van der Waals surface area contributed by atoms with Gasteiger partial charge < -0.3 is 14.4 Å². The predicted molar refractivity (Wildman–Crippen MR) is 74.8 cm³/mol. The number of ether oxygens (including phenoxy) is 2. The second-order valence-electron chi connectivity index (χ2n) is 4.90. The highest BCUT2D eigenvalue weighted by Crippen LogP contribution is 2.33. The maximum Gasteiger partial charge on any atom is 0.162 e. The Bertz CT molecular complexity index is 392. The SMILES string of the molecule is CCC1CCCN(c2ccc(OC)c(OC)c2)C1. The Kier molecular flexibility index (Phi) is 4.34. The van der Waals surface area contributed by atoms with E-state index >= 15 is 0 Å². The highest BCUT2D eigenvalue weighted by Gasteiger charge is 2.19. The van der Waals surface area contributed by atoms with Crippen LogP contribution < -0.4 is 14.4 Å². The molecule has 1 atom stereocenters. The molecule has 1 aromatic rings. The van der Waals surface area contributed by atoms with Crippen LogP contribution >= 0.6 is 0 Å². The third-order valence-corrected chi connectivity index (χ3v) is 3.83. The normalized spacial score (nSPS) is 19.7. The minimum atomic E-state index is 0.797. The molecule has 0 saturated carbocycles. The van der Waals surface area contributed by atoms with Crippen LogP contribution in [0.25, 0.3) is 0 Å². The lowest BCUT2D eigenvalue weighted by Crippen LogP contribution is -2.35. The van der Waals surface area contributed by atoms with Crippen molar-refractivity contribution in [2.45, 2.75) is 26.2 Å². The van der Waals surface area contributed by atoms with Gasteiger partial charge in [0.15, 0.2) is 11.5 Å². The maximum absolute atomic E-state index is 5.37. The van der Waals surface area contributed by atoms with Gasteiger partial charge in [0.25, 0.3) is 0 Å². The Balaban J connectivity index is 2.17. The summed E-state index contributed by atoms with van der Waals surface area (Å²) in [5, 5.41) is 0. The van der Waals surface area contributed by atoms with Crippen molar-refractivity contribution in [1.82, 2.24) is 0 Å². The third-order valence-electron chi connectivity index (χ3n) is 3.83. The molecule has 1 saturated heterocycles. The van der Waals surface area contributed by atoms with Gasteiger partial charge in [-0.05, 0) is 30.9 Å². The van der Waals surface area contributed by atoms with Gasteiger partial charge in [0.05, 0.1) is 14.2 Å². The first-order valence-corrected chi connectivity index (χ1v) is 6.75. The highest BCUT2D eigenvalue weighted by molar-refractivity contribution is 5.56. The van der Waals surface area contributed by atoms with E-state index < -0.39 is 0 Å². The molecule has 18 heavy (non-hydrogen) atoms. The molecule has 3 heteroatoms. The van der Waals surface area contributed by atoms with Crippen LogP contribution in [0.1, 0.15) is 26.2 Å². The van der Waals surface area contributed by atoms with Gasteiger partial charge in [-0.15, -0.1) is 0 Å². The van der Waals surface area contributed by atoms with Crippen molar-refractivity contribution >= 4 is 5.69 Å². The fourth-order valence-electron chi connectivity index (χ4n) is 2.65. The number of methoxy groups -OCH3 is 2. The van der Waals surface area contributed by atoms with Gasteiger partial charge in [-0.2, -0.15) is 0 Å². The van der Waals surface area contributed by atoms with Gasteiger partial charge in [-0.1, -0.05) is 13.3 Å². The van der Waals surface area contributed by atoms with Gasteiger partial charge in [0.2, 0.25) is 0 Å². The summed E-state index contributed by atoms with van der Waals surface area (Å²) in [7, 11) is 3.36. The van der Waals surface area contributed by atoms with E-state index in [1.807, 2.05) is 6.07 Å². The van der Waals surface area contributed by atoms with E-state index in [1.165, 1.54) is 24.9 Å². The minimum Gasteiger partial charge on any atom is -0.493 e. The van der Waals surface area contributed by atoms with Crippen LogP contribution in [0.5, 0.6) is 11.5 Å². The first kappa shape index (κ1) is 13.1. The summed E-state index contributed by atoms with van der Waals surface area (Å²) < 4.78 is 10.6. The van der Waals surface area contributed by atoms with Gasteiger partial charge in [0.1, 0.15) is 0 Å². The number of piperidine rings is 1. The van der Waals surface area contributed by atoms with E-state index in [0.29, 0.717) is 0 Å². The molecule has 1 fully saturated rings. The topological polar surface area (TPSA) is 21.7 Å². The van der Waals surface area contributed by atoms with E-state index in [2.05, 4.69) is 24.0 Å². The van der Waals surface area contributed by atoms with Crippen LogP contribution in [-0.2, 0) is 0 Å². The van der Waals surface area contributed by atoms with Gasteiger partial charge in [-0.25, -0.2) is 0 Å². The maximum atomic E-state index is 5.37. The molecular weight excluding hydrogens is 226 g/mol. The van der Waals surface area contributed by atoms with E-state index in [-0.39, 0.29) is 0 Å². The predicted octanol–water partition coefficient (Wildman–Crippen LogP) is 3.33. The van der Waals surface area contributed by atoms with Gasteiger partial charge in [0, 0.05) is 24.8 Å². The van der Waals surface area contributed by atoms with Crippen LogP contribution in [-0.4, -0.2) is 27.3 Å². The Hall–Kier alpha value is -1.38. The summed E-state index contributed by atoms with van der Waals surface area (Å²) in [5.41, 5.74) is 1.24. The molecule has 0 aromatic heterocycles. The minimum absolute atomic E-state index is 0.797. The molecule has 1 unspecified atom stereocenters. The van der Waals surface area contributed by atoms with Crippen molar-refractivity contribution in [3.63, 3.8) is 0 Å². The summed E-state index contributed by atoms with van der Waals surface area (Å²) in [6, 6.07) is 6.19. The second kappa shape index (κ2) is 5.98. The molecule has 1 aliphatic rings. The number of rotatable bonds is 4. The molecule has 1 aromatic carbocycles. The lowest BCUT2D eigenvalue weighted by Gasteiger charge is -2.34. The molecular formula is C15H23NO2. The van der Waals surface area contributed by atoms with Crippen molar-refractivity contribution in [2.24, 2.45) is 5.92 Å². The standard InChI is InChI=1S/C15H23NO2/c1-4-12-6-5-9-16(11-12)13-7-8-14(17-2)15(10-13)18-3/h7-8,10,12H,4-6,9,11H2,1-3H3. The summed E-state index contributed by atoms with van der Waals surface area (Å²) in [5.74, 6) is 2.44. The monoisotopic (exact) mass is 249 g/mol. The van der Waals surface area contributed by atoms with E-state index in [9.17, 15) is 0 Å². The molecule has 0 spiro atoms. The zero-order valence-electron chi connectivity index (χ0n) is 11.6. The van der Waals surface area contributed by atoms with Crippen LogP contribution in [0.4, 0.5) is 5.69 Å². The zero-order valence-corrected chi connectivity index (χ0v) is 11.6. The quantitative estimate of drug-likeness (QED) is 0.817. The average molecular weight is 249 g/mol. The van der Waals surface area contributed by atoms with Gasteiger partial charge >= 0.3 is 0 Å². The first-order valence-electron chi connectivity index (χ1n) is 6.75. The molecule has 100 valence electrons. The molecule has 1 aliphatic heterocycles. The summed E-state index contributed by atoms with van der Waals surface area (Å²) in [6.45, 7) is 4.58. The van der Waals surface area contributed by atoms with Gasteiger partial charge in [-0.3, -0.25) is 0 Å². The Morgan fingerprint density at radius 2 is 2.00 bits per heavy atom. The van der Waals surface area contributed by atoms with Crippen molar-refractivity contribution in [1.29, 1.82) is 0 Å². The lowest BCUT2D eigenvalue weighted by atomic mass is 9.95. The number of anilines is 1. The summed E-state index contributed by atoms with van der Waals surface area (Å²) >= 11 is 0. The third kappa shape index (κ3) is 2.71. The number of hydrogen-bond donors (Lipinski definition) is 0. The second-order valence-corrected chi connectivity index (χ2v) is 4.90. The molecule has 0 amide bonds. The molecule has 1 heterocycles. The van der Waals surface area contributed by atoms with E-state index in [1.54, 1.807) is 14.2 Å². The van der Waals surface area contributed by atoms with Crippen LogP contribution in [0, 0.1) is 5.92 Å². The van der Waals surface area contributed by atoms with Crippen LogP contribution in [0.2, 0.25) is 0 Å².